The fraction of sp³-hybridized carbons (Fsp3) is 0.533. The third-order valence-electron chi connectivity index (χ3n) is 3.80. The minimum atomic E-state index is 0.00511. The molecule has 5 nitrogen and oxygen atoms in total. The first-order valence-electron chi connectivity index (χ1n) is 7.04. The molecule has 1 fully saturated rings. The zero-order valence-electron chi connectivity index (χ0n) is 11.9. The Kier molecular flexibility index (Phi) is 5.52. The van der Waals surface area contributed by atoms with Gasteiger partial charge in [-0.3, -0.25) is 9.69 Å². The lowest BCUT2D eigenvalue weighted by molar-refractivity contribution is -0.118. The minimum absolute atomic E-state index is 0.00511. The van der Waals surface area contributed by atoms with Gasteiger partial charge >= 0.3 is 0 Å². The molecule has 0 bridgehead atoms. The van der Waals surface area contributed by atoms with Crippen molar-refractivity contribution in [2.75, 3.05) is 32.1 Å². The van der Waals surface area contributed by atoms with Crippen molar-refractivity contribution in [3.8, 4) is 0 Å². The highest BCUT2D eigenvalue weighted by atomic mass is 16.5. The van der Waals surface area contributed by atoms with Crippen LogP contribution >= 0.6 is 0 Å². The molecule has 1 aliphatic rings. The maximum absolute atomic E-state index is 12.1. The Labute approximate surface area is 120 Å². The summed E-state index contributed by atoms with van der Waals surface area (Å²) >= 11 is 0. The van der Waals surface area contributed by atoms with Crippen molar-refractivity contribution >= 4 is 11.6 Å². The topological polar surface area (TPSA) is 67.6 Å². The first kappa shape index (κ1) is 15.0. The van der Waals surface area contributed by atoms with Gasteiger partial charge in [-0.15, -0.1) is 0 Å². The fourth-order valence-electron chi connectivity index (χ4n) is 2.64. The van der Waals surface area contributed by atoms with Crippen LogP contribution in [0.3, 0.4) is 0 Å². The Morgan fingerprint density at radius 3 is 2.85 bits per heavy atom. The predicted octanol–water partition coefficient (Wildman–Crippen LogP) is 1.06. The number of methoxy groups -OCH3 is 1. The second kappa shape index (κ2) is 7.38. The van der Waals surface area contributed by atoms with Crippen molar-refractivity contribution in [2.24, 2.45) is 5.73 Å². The van der Waals surface area contributed by atoms with Gasteiger partial charge < -0.3 is 15.8 Å². The average molecular weight is 277 g/mol. The average Bonchev–Trinajstić information content (AvgIpc) is 2.48. The van der Waals surface area contributed by atoms with E-state index < -0.39 is 0 Å². The van der Waals surface area contributed by atoms with Gasteiger partial charge in [-0.2, -0.15) is 0 Å². The van der Waals surface area contributed by atoms with E-state index in [9.17, 15) is 4.79 Å². The van der Waals surface area contributed by atoms with E-state index in [0.717, 1.165) is 25.1 Å². The summed E-state index contributed by atoms with van der Waals surface area (Å²) in [7, 11) is 1.73. The molecule has 0 radical (unpaired) electrons. The molecule has 1 saturated heterocycles. The van der Waals surface area contributed by atoms with Crippen LogP contribution in [0.2, 0.25) is 0 Å². The number of carbonyl (C=O) groups excluding carboxylic acids is 1. The molecule has 0 saturated carbocycles. The summed E-state index contributed by atoms with van der Waals surface area (Å²) in [5.74, 6) is 0.00511. The van der Waals surface area contributed by atoms with E-state index in [4.69, 9.17) is 10.5 Å². The third-order valence-corrected chi connectivity index (χ3v) is 3.80. The number of nitrogens with one attached hydrogen (secondary N) is 1. The van der Waals surface area contributed by atoms with Gasteiger partial charge in [0.1, 0.15) is 0 Å². The molecule has 0 spiro atoms. The third kappa shape index (κ3) is 4.03. The van der Waals surface area contributed by atoms with Crippen molar-refractivity contribution in [1.82, 2.24) is 4.90 Å². The van der Waals surface area contributed by atoms with Gasteiger partial charge in [0.25, 0.3) is 0 Å². The molecular weight excluding hydrogens is 254 g/mol. The minimum Gasteiger partial charge on any atom is -0.381 e. The molecule has 2 rings (SSSR count). The van der Waals surface area contributed by atoms with Crippen molar-refractivity contribution in [1.29, 1.82) is 0 Å². The van der Waals surface area contributed by atoms with Crippen LogP contribution in [0.5, 0.6) is 0 Å². The molecule has 2 unspecified atom stereocenters. The van der Waals surface area contributed by atoms with Crippen LogP contribution in [0, 0.1) is 0 Å². The van der Waals surface area contributed by atoms with Crippen molar-refractivity contribution in [3.05, 3.63) is 30.3 Å². The highest BCUT2D eigenvalue weighted by molar-refractivity contribution is 5.92. The smallest absolute Gasteiger partial charge is 0.238 e. The van der Waals surface area contributed by atoms with Crippen LogP contribution in [-0.2, 0) is 9.53 Å². The van der Waals surface area contributed by atoms with Crippen molar-refractivity contribution in [3.63, 3.8) is 0 Å². The second-order valence-corrected chi connectivity index (χ2v) is 5.16. The number of carbonyl (C=O) groups is 1. The number of para-hydroxylation sites is 1. The maximum atomic E-state index is 12.1. The number of ether oxygens (including phenoxy) is 1. The molecule has 1 amide bonds. The summed E-state index contributed by atoms with van der Waals surface area (Å²) in [5, 5.41) is 2.91. The molecule has 5 heteroatoms. The van der Waals surface area contributed by atoms with E-state index in [2.05, 4.69) is 10.2 Å². The fourth-order valence-corrected chi connectivity index (χ4v) is 2.64. The highest BCUT2D eigenvalue weighted by Gasteiger charge is 2.28. The number of hydrogen-bond acceptors (Lipinski definition) is 4. The molecule has 0 aliphatic carbocycles. The predicted molar refractivity (Wildman–Crippen MR) is 79.5 cm³/mol. The largest absolute Gasteiger partial charge is 0.381 e. The zero-order chi connectivity index (χ0) is 14.4. The SMILES string of the molecule is COC1CCN(CC(=O)Nc2ccccc2)C(CN)C1. The van der Waals surface area contributed by atoms with Crippen LogP contribution < -0.4 is 11.1 Å². The van der Waals surface area contributed by atoms with Crippen LogP contribution in [-0.4, -0.2) is 49.7 Å². The number of amides is 1. The molecular formula is C15H23N3O2. The summed E-state index contributed by atoms with van der Waals surface area (Å²) in [6.45, 7) is 1.79. The number of rotatable bonds is 5. The Morgan fingerprint density at radius 1 is 1.45 bits per heavy atom. The maximum Gasteiger partial charge on any atom is 0.238 e. The number of nitrogens with two attached hydrogens (primary N) is 1. The lowest BCUT2D eigenvalue weighted by Gasteiger charge is -2.37. The van der Waals surface area contributed by atoms with E-state index in [1.54, 1.807) is 7.11 Å². The Bertz CT molecular complexity index is 424. The molecule has 1 heterocycles. The number of benzene rings is 1. The van der Waals surface area contributed by atoms with E-state index in [-0.39, 0.29) is 18.1 Å². The van der Waals surface area contributed by atoms with Gasteiger partial charge in [0.2, 0.25) is 5.91 Å². The van der Waals surface area contributed by atoms with E-state index in [0.29, 0.717) is 13.1 Å². The van der Waals surface area contributed by atoms with Gasteiger partial charge in [-0.05, 0) is 25.0 Å². The van der Waals surface area contributed by atoms with Gasteiger partial charge in [-0.1, -0.05) is 18.2 Å². The summed E-state index contributed by atoms with van der Waals surface area (Å²) in [6.07, 6.45) is 2.11. The first-order valence-corrected chi connectivity index (χ1v) is 7.04. The highest BCUT2D eigenvalue weighted by Crippen LogP contribution is 2.19. The Balaban J connectivity index is 1.87. The number of anilines is 1. The number of piperidine rings is 1. The molecule has 110 valence electrons. The Hall–Kier alpha value is -1.43. The zero-order valence-corrected chi connectivity index (χ0v) is 11.9. The van der Waals surface area contributed by atoms with Gasteiger partial charge in [-0.25, -0.2) is 0 Å². The Morgan fingerprint density at radius 2 is 2.20 bits per heavy atom. The lowest BCUT2D eigenvalue weighted by atomic mass is 9.99. The normalized spacial score (nSPS) is 23.5. The summed E-state index contributed by atoms with van der Waals surface area (Å²) in [5.41, 5.74) is 6.64. The number of nitrogens with zero attached hydrogens (tertiary/aromatic N) is 1. The number of likely N-dealkylation sites (tertiary alicyclic amines) is 1. The molecule has 1 aromatic carbocycles. The van der Waals surface area contributed by atoms with E-state index in [1.807, 2.05) is 30.3 Å². The van der Waals surface area contributed by atoms with Crippen LogP contribution in [0.1, 0.15) is 12.8 Å². The number of hydrogen-bond donors (Lipinski definition) is 2. The lowest BCUT2D eigenvalue weighted by Crippen LogP contribution is -2.50. The second-order valence-electron chi connectivity index (χ2n) is 5.16. The van der Waals surface area contributed by atoms with Crippen molar-refractivity contribution < 1.29 is 9.53 Å². The van der Waals surface area contributed by atoms with Crippen molar-refractivity contribution in [2.45, 2.75) is 25.0 Å². The molecule has 0 aromatic heterocycles. The van der Waals surface area contributed by atoms with Gasteiger partial charge in [0, 0.05) is 31.9 Å². The molecule has 2 atom stereocenters. The molecule has 1 aliphatic heterocycles. The summed E-state index contributed by atoms with van der Waals surface area (Å²) in [4.78, 5) is 14.2. The van der Waals surface area contributed by atoms with Gasteiger partial charge in [0.15, 0.2) is 0 Å². The van der Waals surface area contributed by atoms with Gasteiger partial charge in [0.05, 0.1) is 12.6 Å². The summed E-state index contributed by atoms with van der Waals surface area (Å²) in [6, 6.07) is 9.72. The van der Waals surface area contributed by atoms with Crippen LogP contribution in [0.25, 0.3) is 0 Å². The summed E-state index contributed by atoms with van der Waals surface area (Å²) < 4.78 is 5.39. The molecule has 20 heavy (non-hydrogen) atoms. The molecule has 3 N–H and O–H groups in total. The first-order chi connectivity index (χ1) is 9.72. The molecule has 1 aromatic rings. The monoisotopic (exact) mass is 277 g/mol. The van der Waals surface area contributed by atoms with Crippen LogP contribution in [0.4, 0.5) is 5.69 Å². The quantitative estimate of drug-likeness (QED) is 0.844. The standard InChI is InChI=1S/C15H23N3O2/c1-20-14-7-8-18(13(9-14)10-16)11-15(19)17-12-5-3-2-4-6-12/h2-6,13-14H,7-11,16H2,1H3,(H,17,19). The van der Waals surface area contributed by atoms with E-state index in [1.165, 1.54) is 0 Å². The van der Waals surface area contributed by atoms with E-state index >= 15 is 0 Å². The van der Waals surface area contributed by atoms with Crippen LogP contribution in [0.15, 0.2) is 30.3 Å².